The van der Waals surface area contributed by atoms with E-state index in [0.29, 0.717) is 0 Å². The van der Waals surface area contributed by atoms with Crippen LogP contribution in [0.4, 0.5) is 0 Å². The van der Waals surface area contributed by atoms with Crippen LogP contribution in [-0.4, -0.2) is 25.0 Å². The molecule has 0 spiro atoms. The van der Waals surface area contributed by atoms with Crippen molar-refractivity contribution in [2.24, 2.45) is 5.92 Å². The second-order valence-corrected chi connectivity index (χ2v) is 3.90. The van der Waals surface area contributed by atoms with E-state index < -0.39 is 0 Å². The molecule has 0 saturated carbocycles. The van der Waals surface area contributed by atoms with Crippen LogP contribution in [0.2, 0.25) is 0 Å². The quantitative estimate of drug-likeness (QED) is 0.593. The Hall–Kier alpha value is -0.0400. The number of nitrogens with zero attached hydrogens (tertiary/aromatic N) is 1. The lowest BCUT2D eigenvalue weighted by Gasteiger charge is -2.30. The molecule has 0 aromatic rings. The van der Waals surface area contributed by atoms with Crippen LogP contribution in [0.25, 0.3) is 0 Å². The summed E-state index contributed by atoms with van der Waals surface area (Å²) in [5.74, 6) is 0.898. The van der Waals surface area contributed by atoms with Crippen molar-refractivity contribution < 1.29 is 0 Å². The summed E-state index contributed by atoms with van der Waals surface area (Å²) in [6, 6.07) is 0.787. The van der Waals surface area contributed by atoms with Crippen molar-refractivity contribution >= 4 is 0 Å². The van der Waals surface area contributed by atoms with E-state index in [4.69, 9.17) is 0 Å². The molecule has 0 aliphatic carbocycles. The Labute approximate surface area is 78.1 Å². The van der Waals surface area contributed by atoms with E-state index in [9.17, 15) is 0 Å². The Morgan fingerprint density at radius 1 is 1.00 bits per heavy atom. The normalized spacial score (nSPS) is 16.5. The lowest BCUT2D eigenvalue weighted by atomic mass is 9.90. The van der Waals surface area contributed by atoms with Gasteiger partial charge in [0.2, 0.25) is 0 Å². The average molecular weight is 171 g/mol. The first-order chi connectivity index (χ1) is 5.67. The number of rotatable bonds is 6. The molecule has 0 amide bonds. The smallest absolute Gasteiger partial charge is 0.0115 e. The van der Waals surface area contributed by atoms with Crippen LogP contribution in [-0.2, 0) is 0 Å². The fraction of sp³-hybridized carbons (Fsp3) is 1.00. The summed E-state index contributed by atoms with van der Waals surface area (Å²) < 4.78 is 0. The van der Waals surface area contributed by atoms with Gasteiger partial charge in [0.15, 0.2) is 0 Å². The summed E-state index contributed by atoms with van der Waals surface area (Å²) in [5.41, 5.74) is 0. The third kappa shape index (κ3) is 3.57. The van der Waals surface area contributed by atoms with Gasteiger partial charge in [-0.2, -0.15) is 0 Å². The SMILES string of the molecule is CCCC(CC)C(CC)N(C)C. The second kappa shape index (κ2) is 6.47. The largest absolute Gasteiger partial charge is 0.306 e. The fourth-order valence-electron chi connectivity index (χ4n) is 2.16. The molecule has 0 heterocycles. The predicted octanol–water partition coefficient (Wildman–Crippen LogP) is 3.15. The summed E-state index contributed by atoms with van der Waals surface area (Å²) in [4.78, 5) is 2.38. The van der Waals surface area contributed by atoms with Gasteiger partial charge in [0.25, 0.3) is 0 Å². The number of hydrogen-bond donors (Lipinski definition) is 0. The Morgan fingerprint density at radius 2 is 1.58 bits per heavy atom. The monoisotopic (exact) mass is 171 g/mol. The lowest BCUT2D eigenvalue weighted by molar-refractivity contribution is 0.189. The van der Waals surface area contributed by atoms with Crippen molar-refractivity contribution in [3.8, 4) is 0 Å². The molecule has 1 heteroatoms. The first-order valence-corrected chi connectivity index (χ1v) is 5.33. The molecule has 0 rings (SSSR count). The van der Waals surface area contributed by atoms with Gasteiger partial charge in [0.1, 0.15) is 0 Å². The topological polar surface area (TPSA) is 3.24 Å². The summed E-state index contributed by atoms with van der Waals surface area (Å²) in [5, 5.41) is 0. The van der Waals surface area contributed by atoms with E-state index in [2.05, 4.69) is 39.8 Å². The summed E-state index contributed by atoms with van der Waals surface area (Å²) in [6.07, 6.45) is 5.31. The Morgan fingerprint density at radius 3 is 1.83 bits per heavy atom. The number of hydrogen-bond acceptors (Lipinski definition) is 1. The molecule has 0 aliphatic heterocycles. The van der Waals surface area contributed by atoms with Crippen molar-refractivity contribution in [2.75, 3.05) is 14.1 Å². The van der Waals surface area contributed by atoms with Crippen LogP contribution in [0.5, 0.6) is 0 Å². The molecule has 12 heavy (non-hydrogen) atoms. The van der Waals surface area contributed by atoms with Crippen LogP contribution < -0.4 is 0 Å². The molecule has 0 aromatic carbocycles. The van der Waals surface area contributed by atoms with Crippen molar-refractivity contribution in [3.05, 3.63) is 0 Å². The summed E-state index contributed by atoms with van der Waals surface area (Å²) >= 11 is 0. The molecule has 0 fully saturated rings. The maximum atomic E-state index is 2.38. The highest BCUT2D eigenvalue weighted by molar-refractivity contribution is 4.73. The van der Waals surface area contributed by atoms with Gasteiger partial charge in [0.05, 0.1) is 0 Å². The lowest BCUT2D eigenvalue weighted by Crippen LogP contribution is -2.34. The van der Waals surface area contributed by atoms with Gasteiger partial charge in [-0.25, -0.2) is 0 Å². The van der Waals surface area contributed by atoms with Crippen LogP contribution in [0.15, 0.2) is 0 Å². The summed E-state index contributed by atoms with van der Waals surface area (Å²) in [6.45, 7) is 6.89. The van der Waals surface area contributed by atoms with Crippen LogP contribution in [0.3, 0.4) is 0 Å². The van der Waals surface area contributed by atoms with Crippen molar-refractivity contribution in [3.63, 3.8) is 0 Å². The Bertz CT molecular complexity index is 99.2. The third-order valence-corrected chi connectivity index (χ3v) is 2.81. The molecular weight excluding hydrogens is 146 g/mol. The molecule has 1 nitrogen and oxygen atoms in total. The zero-order valence-electron chi connectivity index (χ0n) is 9.43. The van der Waals surface area contributed by atoms with Gasteiger partial charge in [-0.3, -0.25) is 0 Å². The molecule has 0 bridgehead atoms. The standard InChI is InChI=1S/C11H25N/c1-6-9-10(7-2)11(8-3)12(4)5/h10-11H,6-9H2,1-5H3. The second-order valence-electron chi connectivity index (χ2n) is 3.90. The first kappa shape index (κ1) is 12.0. The van der Waals surface area contributed by atoms with Crippen molar-refractivity contribution in [1.29, 1.82) is 0 Å². The molecule has 0 aromatic heterocycles. The molecule has 74 valence electrons. The molecule has 2 unspecified atom stereocenters. The van der Waals surface area contributed by atoms with E-state index in [1.165, 1.54) is 25.7 Å². The van der Waals surface area contributed by atoms with Gasteiger partial charge in [-0.05, 0) is 32.9 Å². The molecule has 0 aliphatic rings. The van der Waals surface area contributed by atoms with E-state index >= 15 is 0 Å². The minimum atomic E-state index is 0.787. The highest BCUT2D eigenvalue weighted by Crippen LogP contribution is 2.20. The zero-order valence-corrected chi connectivity index (χ0v) is 9.43. The average Bonchev–Trinajstić information content (AvgIpc) is 2.03. The minimum Gasteiger partial charge on any atom is -0.306 e. The van der Waals surface area contributed by atoms with Gasteiger partial charge in [-0.1, -0.05) is 33.6 Å². The van der Waals surface area contributed by atoms with E-state index in [-0.39, 0.29) is 0 Å². The van der Waals surface area contributed by atoms with Crippen LogP contribution in [0, 0.1) is 5.92 Å². The fourth-order valence-corrected chi connectivity index (χ4v) is 2.16. The van der Waals surface area contributed by atoms with E-state index in [1.54, 1.807) is 0 Å². The predicted molar refractivity (Wildman–Crippen MR) is 56.5 cm³/mol. The maximum absolute atomic E-state index is 2.38. The van der Waals surface area contributed by atoms with Gasteiger partial charge in [-0.15, -0.1) is 0 Å². The van der Waals surface area contributed by atoms with Crippen molar-refractivity contribution in [1.82, 2.24) is 4.90 Å². The minimum absolute atomic E-state index is 0.787. The molecule has 0 radical (unpaired) electrons. The third-order valence-electron chi connectivity index (χ3n) is 2.81. The van der Waals surface area contributed by atoms with E-state index in [0.717, 1.165) is 12.0 Å². The highest BCUT2D eigenvalue weighted by Gasteiger charge is 2.18. The molecular formula is C11H25N. The van der Waals surface area contributed by atoms with Crippen LogP contribution in [0.1, 0.15) is 46.5 Å². The molecule has 0 saturated heterocycles. The highest BCUT2D eigenvalue weighted by atomic mass is 15.1. The van der Waals surface area contributed by atoms with Crippen LogP contribution >= 0.6 is 0 Å². The zero-order chi connectivity index (χ0) is 9.56. The van der Waals surface area contributed by atoms with E-state index in [1.807, 2.05) is 0 Å². The molecule has 2 atom stereocenters. The van der Waals surface area contributed by atoms with Gasteiger partial charge < -0.3 is 4.90 Å². The van der Waals surface area contributed by atoms with Gasteiger partial charge >= 0.3 is 0 Å². The Balaban J connectivity index is 4.02. The Kier molecular flexibility index (Phi) is 6.45. The first-order valence-electron chi connectivity index (χ1n) is 5.33. The maximum Gasteiger partial charge on any atom is 0.0115 e. The molecule has 0 N–H and O–H groups in total. The summed E-state index contributed by atoms with van der Waals surface area (Å²) in [7, 11) is 4.40. The van der Waals surface area contributed by atoms with Crippen molar-refractivity contribution in [2.45, 2.75) is 52.5 Å². The van der Waals surface area contributed by atoms with Gasteiger partial charge in [0, 0.05) is 6.04 Å².